The molecular weight excluding hydrogens is 418 g/mol. The maximum absolute atomic E-state index is 13.7. The van der Waals surface area contributed by atoms with Crippen LogP contribution in [-0.2, 0) is 11.2 Å². The number of benzene rings is 2. The average molecular weight is 444 g/mol. The van der Waals surface area contributed by atoms with Crippen molar-refractivity contribution in [1.82, 2.24) is 9.88 Å². The maximum atomic E-state index is 13.7. The molecule has 0 spiro atoms. The highest BCUT2D eigenvalue weighted by molar-refractivity contribution is 7.10. The molecule has 2 aromatic carbocycles. The van der Waals surface area contributed by atoms with Crippen LogP contribution in [0.4, 0.5) is 6.01 Å². The third-order valence-corrected chi connectivity index (χ3v) is 7.76. The lowest BCUT2D eigenvalue weighted by Gasteiger charge is -2.40. The molecule has 1 saturated heterocycles. The average Bonchev–Trinajstić information content (AvgIpc) is 3.50. The highest BCUT2D eigenvalue weighted by Crippen LogP contribution is 2.39. The first-order chi connectivity index (χ1) is 15.8. The fraction of sp³-hybridized carbons (Fsp3) is 0.308. The first-order valence-electron chi connectivity index (χ1n) is 11.3. The number of anilines is 1. The smallest absolute Gasteiger partial charge is 0.298 e. The second kappa shape index (κ2) is 8.10. The summed E-state index contributed by atoms with van der Waals surface area (Å²) in [4.78, 5) is 24.1. The van der Waals surface area contributed by atoms with Gasteiger partial charge in [0.1, 0.15) is 5.52 Å². The Kier molecular flexibility index (Phi) is 4.95. The van der Waals surface area contributed by atoms with Crippen LogP contribution in [0.3, 0.4) is 0 Å². The molecule has 6 heteroatoms. The van der Waals surface area contributed by atoms with E-state index in [1.165, 1.54) is 16.0 Å². The van der Waals surface area contributed by atoms with Gasteiger partial charge in [0, 0.05) is 30.4 Å². The lowest BCUT2D eigenvalue weighted by molar-refractivity contribution is -0.138. The van der Waals surface area contributed by atoms with E-state index < -0.39 is 0 Å². The van der Waals surface area contributed by atoms with E-state index in [1.54, 1.807) is 0 Å². The standard InChI is InChI=1S/C26H25N3O2S/c30-25(19-10-14-28(15-11-19)26-27-21-8-4-5-9-22(21)31-26)29-16-12-23-20(13-17-32-23)24(29)18-6-2-1-3-7-18/h1-9,13,17,19,24H,10-12,14-16H2. The molecule has 1 unspecified atom stereocenters. The summed E-state index contributed by atoms with van der Waals surface area (Å²) >= 11 is 1.81. The SMILES string of the molecule is O=C(C1CCN(c2nc3ccccc3o2)CC1)N1CCc2sccc2C1c1ccccc1. The Labute approximate surface area is 191 Å². The number of thiophene rings is 1. The van der Waals surface area contributed by atoms with Crippen LogP contribution < -0.4 is 4.90 Å². The molecule has 1 atom stereocenters. The van der Waals surface area contributed by atoms with Crippen LogP contribution in [0.1, 0.15) is 34.9 Å². The number of oxazole rings is 1. The predicted octanol–water partition coefficient (Wildman–Crippen LogP) is 5.28. The van der Waals surface area contributed by atoms with Crippen molar-refractivity contribution in [1.29, 1.82) is 0 Å². The van der Waals surface area contributed by atoms with Crippen LogP contribution in [0.2, 0.25) is 0 Å². The minimum atomic E-state index is 0.0220. The Bertz CT molecular complexity index is 1210. The molecule has 162 valence electrons. The molecule has 2 aliphatic rings. The fourth-order valence-electron chi connectivity index (χ4n) is 5.10. The fourth-order valence-corrected chi connectivity index (χ4v) is 6.00. The quantitative estimate of drug-likeness (QED) is 0.432. The molecule has 4 aromatic rings. The van der Waals surface area contributed by atoms with Crippen LogP contribution in [0.5, 0.6) is 0 Å². The van der Waals surface area contributed by atoms with E-state index in [1.807, 2.05) is 41.7 Å². The van der Waals surface area contributed by atoms with Crippen molar-refractivity contribution in [2.45, 2.75) is 25.3 Å². The van der Waals surface area contributed by atoms with Crippen molar-refractivity contribution < 1.29 is 9.21 Å². The van der Waals surface area contributed by atoms with Gasteiger partial charge in [-0.3, -0.25) is 4.79 Å². The van der Waals surface area contributed by atoms with E-state index in [4.69, 9.17) is 4.42 Å². The molecule has 6 rings (SSSR count). The number of hydrogen-bond acceptors (Lipinski definition) is 5. The summed E-state index contributed by atoms with van der Waals surface area (Å²) in [5.74, 6) is 0.329. The van der Waals surface area contributed by atoms with Crippen LogP contribution in [0, 0.1) is 5.92 Å². The minimum absolute atomic E-state index is 0.0220. The summed E-state index contributed by atoms with van der Waals surface area (Å²) in [5, 5.41) is 2.16. The molecular formula is C26H25N3O2S. The van der Waals surface area contributed by atoms with Gasteiger partial charge >= 0.3 is 0 Å². The van der Waals surface area contributed by atoms with E-state index >= 15 is 0 Å². The van der Waals surface area contributed by atoms with Crippen LogP contribution in [0.15, 0.2) is 70.5 Å². The third kappa shape index (κ3) is 3.39. The lowest BCUT2D eigenvalue weighted by atomic mass is 9.89. The van der Waals surface area contributed by atoms with E-state index in [0.717, 1.165) is 50.0 Å². The summed E-state index contributed by atoms with van der Waals surface area (Å²) in [6.07, 6.45) is 2.60. The number of piperidine rings is 1. The lowest BCUT2D eigenvalue weighted by Crippen LogP contribution is -2.46. The van der Waals surface area contributed by atoms with Crippen LogP contribution in [-0.4, -0.2) is 35.4 Å². The Morgan fingerprint density at radius 2 is 1.75 bits per heavy atom. The van der Waals surface area contributed by atoms with Crippen LogP contribution >= 0.6 is 11.3 Å². The maximum Gasteiger partial charge on any atom is 0.298 e. The molecule has 0 N–H and O–H groups in total. The van der Waals surface area contributed by atoms with Gasteiger partial charge in [0.2, 0.25) is 5.91 Å². The summed E-state index contributed by atoms with van der Waals surface area (Å²) in [5.41, 5.74) is 4.19. The molecule has 2 aromatic heterocycles. The van der Waals surface area contributed by atoms with E-state index in [2.05, 4.69) is 50.5 Å². The Morgan fingerprint density at radius 3 is 2.56 bits per heavy atom. The molecule has 4 heterocycles. The van der Waals surface area contributed by atoms with Crippen LogP contribution in [0.25, 0.3) is 11.1 Å². The molecule has 0 bridgehead atoms. The number of para-hydroxylation sites is 2. The van der Waals surface area contributed by atoms with Crippen molar-refractivity contribution >= 4 is 34.4 Å². The van der Waals surface area contributed by atoms with Crippen molar-refractivity contribution in [3.8, 4) is 0 Å². The molecule has 0 radical (unpaired) electrons. The van der Waals surface area contributed by atoms with E-state index in [-0.39, 0.29) is 17.9 Å². The van der Waals surface area contributed by atoms with E-state index in [9.17, 15) is 4.79 Å². The minimum Gasteiger partial charge on any atom is -0.423 e. The number of hydrogen-bond donors (Lipinski definition) is 0. The van der Waals surface area contributed by atoms with Gasteiger partial charge in [0.25, 0.3) is 6.01 Å². The zero-order valence-electron chi connectivity index (χ0n) is 17.8. The van der Waals surface area contributed by atoms with Crippen molar-refractivity contribution in [2.75, 3.05) is 24.5 Å². The molecule has 5 nitrogen and oxygen atoms in total. The summed E-state index contributed by atoms with van der Waals surface area (Å²) < 4.78 is 5.95. The van der Waals surface area contributed by atoms with Gasteiger partial charge in [-0.05, 0) is 54.0 Å². The number of nitrogens with zero attached hydrogens (tertiary/aromatic N) is 3. The number of rotatable bonds is 3. The van der Waals surface area contributed by atoms with Gasteiger partial charge in [0.05, 0.1) is 6.04 Å². The van der Waals surface area contributed by atoms with Gasteiger partial charge in [-0.1, -0.05) is 42.5 Å². The molecule has 32 heavy (non-hydrogen) atoms. The predicted molar refractivity (Wildman–Crippen MR) is 127 cm³/mol. The zero-order valence-corrected chi connectivity index (χ0v) is 18.6. The molecule has 0 saturated carbocycles. The largest absolute Gasteiger partial charge is 0.423 e. The number of aromatic nitrogens is 1. The summed E-state index contributed by atoms with van der Waals surface area (Å²) in [6, 6.07) is 21.2. The van der Waals surface area contributed by atoms with Gasteiger partial charge in [0.15, 0.2) is 5.58 Å². The summed E-state index contributed by atoms with van der Waals surface area (Å²) in [6.45, 7) is 2.37. The van der Waals surface area contributed by atoms with Crippen molar-refractivity contribution in [3.63, 3.8) is 0 Å². The first-order valence-corrected chi connectivity index (χ1v) is 12.2. The Balaban J connectivity index is 1.20. The number of carbonyl (C=O) groups excluding carboxylic acids is 1. The monoisotopic (exact) mass is 443 g/mol. The highest BCUT2D eigenvalue weighted by atomic mass is 32.1. The van der Waals surface area contributed by atoms with Gasteiger partial charge < -0.3 is 14.2 Å². The normalized spacial score (nSPS) is 19.3. The van der Waals surface area contributed by atoms with Gasteiger partial charge in [-0.2, -0.15) is 4.98 Å². The number of carbonyl (C=O) groups is 1. The second-order valence-electron chi connectivity index (χ2n) is 8.62. The molecule has 1 amide bonds. The Morgan fingerprint density at radius 1 is 0.969 bits per heavy atom. The first kappa shape index (κ1) is 19.6. The van der Waals surface area contributed by atoms with E-state index in [0.29, 0.717) is 6.01 Å². The molecule has 0 aliphatic carbocycles. The topological polar surface area (TPSA) is 49.6 Å². The van der Waals surface area contributed by atoms with Crippen molar-refractivity contribution in [3.05, 3.63) is 82.0 Å². The number of fused-ring (bicyclic) bond motifs is 2. The van der Waals surface area contributed by atoms with Crippen molar-refractivity contribution in [2.24, 2.45) is 5.92 Å². The number of amides is 1. The molecule has 1 fully saturated rings. The third-order valence-electron chi connectivity index (χ3n) is 6.76. The van der Waals surface area contributed by atoms with Gasteiger partial charge in [-0.25, -0.2) is 0 Å². The molecule has 2 aliphatic heterocycles. The zero-order chi connectivity index (χ0) is 21.5. The highest BCUT2D eigenvalue weighted by Gasteiger charge is 2.37. The summed E-state index contributed by atoms with van der Waals surface area (Å²) in [7, 11) is 0. The van der Waals surface area contributed by atoms with Gasteiger partial charge in [-0.15, -0.1) is 11.3 Å². The second-order valence-corrected chi connectivity index (χ2v) is 9.62. The Hall–Kier alpha value is -3.12.